The molecule has 0 aromatic heterocycles. The molecule has 1 aliphatic heterocycles. The molecule has 0 aromatic carbocycles. The Morgan fingerprint density at radius 3 is 2.05 bits per heavy atom. The summed E-state index contributed by atoms with van der Waals surface area (Å²) in [5.74, 6) is 0. The van der Waals surface area contributed by atoms with Crippen LogP contribution in [0.5, 0.6) is 0 Å². The van der Waals surface area contributed by atoms with Crippen molar-refractivity contribution in [2.75, 3.05) is 33.5 Å². The van der Waals surface area contributed by atoms with Crippen molar-refractivity contribution in [1.29, 1.82) is 0 Å². The molecule has 0 amide bonds. The molecule has 0 radical (unpaired) electrons. The summed E-state index contributed by atoms with van der Waals surface area (Å²) in [7, 11) is -0.240. The van der Waals surface area contributed by atoms with Crippen LogP contribution in [-0.2, 0) is 18.3 Å². The highest BCUT2D eigenvalue weighted by atomic mass is 28.4. The van der Waals surface area contributed by atoms with Gasteiger partial charge in [-0.2, -0.15) is 0 Å². The molecule has 4 nitrogen and oxygen atoms in total. The van der Waals surface area contributed by atoms with Gasteiger partial charge in [0.05, 0.1) is 19.3 Å². The minimum absolute atomic E-state index is 0.168. The van der Waals surface area contributed by atoms with Crippen molar-refractivity contribution in [1.82, 2.24) is 0 Å². The van der Waals surface area contributed by atoms with E-state index in [2.05, 4.69) is 13.8 Å². The number of rotatable bonds is 10. The first-order chi connectivity index (χ1) is 9.05. The van der Waals surface area contributed by atoms with E-state index in [0.29, 0.717) is 0 Å². The molecule has 1 atom stereocenters. The average Bonchev–Trinajstić information content (AvgIpc) is 2.37. The van der Waals surface area contributed by atoms with Crippen LogP contribution < -0.4 is 0 Å². The summed E-state index contributed by atoms with van der Waals surface area (Å²) >= 11 is 0. The highest BCUT2D eigenvalue weighted by molar-refractivity contribution is 6.67. The van der Waals surface area contributed by atoms with Crippen LogP contribution in [0.25, 0.3) is 0 Å². The van der Waals surface area contributed by atoms with Gasteiger partial charge in [-0.1, -0.05) is 13.8 Å². The zero-order chi connectivity index (χ0) is 14.4. The molecule has 19 heavy (non-hydrogen) atoms. The molecule has 1 aliphatic rings. The maximum absolute atomic E-state index is 6.01. The van der Waals surface area contributed by atoms with Crippen molar-refractivity contribution >= 4 is 8.56 Å². The Bertz CT molecular complexity index is 250. The van der Waals surface area contributed by atoms with E-state index >= 15 is 0 Å². The molecular formula is C14H30O4Si. The molecule has 1 heterocycles. The van der Waals surface area contributed by atoms with E-state index in [0.717, 1.165) is 44.9 Å². The second-order valence-electron chi connectivity index (χ2n) is 5.54. The van der Waals surface area contributed by atoms with Crippen molar-refractivity contribution < 1.29 is 18.3 Å². The normalized spacial score (nSPS) is 20.1. The van der Waals surface area contributed by atoms with Crippen LogP contribution in [-0.4, -0.2) is 48.2 Å². The van der Waals surface area contributed by atoms with E-state index in [4.69, 9.17) is 18.3 Å². The van der Waals surface area contributed by atoms with Crippen LogP contribution >= 0.6 is 0 Å². The zero-order valence-electron chi connectivity index (χ0n) is 13.2. The number of hydrogen-bond acceptors (Lipinski definition) is 4. The molecule has 0 aliphatic carbocycles. The predicted molar refractivity (Wildman–Crippen MR) is 78.6 cm³/mol. The van der Waals surface area contributed by atoms with Crippen LogP contribution in [0.2, 0.25) is 12.1 Å². The van der Waals surface area contributed by atoms with Crippen molar-refractivity contribution in [3.8, 4) is 0 Å². The summed E-state index contributed by atoms with van der Waals surface area (Å²) in [6.07, 6.45) is 1.23. The van der Waals surface area contributed by atoms with Crippen LogP contribution in [0.4, 0.5) is 0 Å². The first-order valence-corrected chi connectivity index (χ1v) is 9.67. The standard InChI is InChI=1S/C14H30O4Si/c1-6-17-19(8-3,18-7-2)10-9-13(15-5)14(4)11-16-12-14/h13H,6-12H2,1-5H3. The highest BCUT2D eigenvalue weighted by Gasteiger charge is 2.44. The summed E-state index contributed by atoms with van der Waals surface area (Å²) in [5, 5.41) is 0. The topological polar surface area (TPSA) is 36.9 Å². The SMILES string of the molecule is CCO[Si](CC)(CCC(OC)C1(C)COC1)OCC. The molecule has 5 heteroatoms. The van der Waals surface area contributed by atoms with E-state index < -0.39 is 8.56 Å². The lowest BCUT2D eigenvalue weighted by molar-refractivity contribution is -0.170. The lowest BCUT2D eigenvalue weighted by atomic mass is 9.81. The molecule has 0 saturated carbocycles. The number of ether oxygens (including phenoxy) is 2. The highest BCUT2D eigenvalue weighted by Crippen LogP contribution is 2.36. The van der Waals surface area contributed by atoms with Gasteiger partial charge < -0.3 is 18.3 Å². The van der Waals surface area contributed by atoms with Gasteiger partial charge in [0, 0.05) is 25.7 Å². The van der Waals surface area contributed by atoms with Crippen molar-refractivity contribution in [2.45, 2.75) is 52.3 Å². The van der Waals surface area contributed by atoms with Gasteiger partial charge in [-0.15, -0.1) is 0 Å². The third kappa shape index (κ3) is 4.26. The Kier molecular flexibility index (Phi) is 6.97. The average molecular weight is 290 g/mol. The molecule has 1 fully saturated rings. The van der Waals surface area contributed by atoms with Gasteiger partial charge in [0.1, 0.15) is 0 Å². The van der Waals surface area contributed by atoms with E-state index in [9.17, 15) is 0 Å². The summed E-state index contributed by atoms with van der Waals surface area (Å²) in [4.78, 5) is 0. The first kappa shape index (κ1) is 17.1. The van der Waals surface area contributed by atoms with Gasteiger partial charge in [-0.3, -0.25) is 0 Å². The van der Waals surface area contributed by atoms with E-state index in [-0.39, 0.29) is 11.5 Å². The lowest BCUT2D eigenvalue weighted by Gasteiger charge is -2.44. The Morgan fingerprint density at radius 2 is 1.74 bits per heavy atom. The monoisotopic (exact) mass is 290 g/mol. The molecule has 1 unspecified atom stereocenters. The molecule has 0 spiro atoms. The third-order valence-corrected chi connectivity index (χ3v) is 7.82. The smallest absolute Gasteiger partial charge is 0.337 e. The van der Waals surface area contributed by atoms with Crippen molar-refractivity contribution in [3.05, 3.63) is 0 Å². The van der Waals surface area contributed by atoms with Gasteiger partial charge in [-0.05, 0) is 32.4 Å². The van der Waals surface area contributed by atoms with Crippen LogP contribution in [0.1, 0.15) is 34.1 Å². The Labute approximate surface area is 119 Å². The second-order valence-corrected chi connectivity index (χ2v) is 9.15. The molecule has 0 bridgehead atoms. The number of methoxy groups -OCH3 is 1. The fraction of sp³-hybridized carbons (Fsp3) is 1.00. The zero-order valence-corrected chi connectivity index (χ0v) is 14.2. The summed E-state index contributed by atoms with van der Waals surface area (Å²) in [5.41, 5.74) is 0.168. The van der Waals surface area contributed by atoms with Gasteiger partial charge in [0.15, 0.2) is 0 Å². The molecule has 0 aromatic rings. The van der Waals surface area contributed by atoms with Gasteiger partial charge in [-0.25, -0.2) is 0 Å². The van der Waals surface area contributed by atoms with Gasteiger partial charge >= 0.3 is 8.56 Å². The largest absolute Gasteiger partial charge is 0.394 e. The minimum Gasteiger partial charge on any atom is -0.394 e. The fourth-order valence-electron chi connectivity index (χ4n) is 2.80. The molecule has 114 valence electrons. The second kappa shape index (κ2) is 7.74. The Hall–Kier alpha value is 0.0569. The molecule has 1 saturated heterocycles. The van der Waals surface area contributed by atoms with Crippen LogP contribution in [0.3, 0.4) is 0 Å². The maximum atomic E-state index is 6.01. The fourth-order valence-corrected chi connectivity index (χ4v) is 5.69. The molecular weight excluding hydrogens is 260 g/mol. The number of hydrogen-bond donors (Lipinski definition) is 0. The van der Waals surface area contributed by atoms with Crippen molar-refractivity contribution in [2.24, 2.45) is 5.41 Å². The molecule has 1 rings (SSSR count). The first-order valence-electron chi connectivity index (χ1n) is 7.44. The third-order valence-electron chi connectivity index (χ3n) is 4.07. The van der Waals surface area contributed by atoms with Gasteiger partial charge in [0.2, 0.25) is 0 Å². The minimum atomic E-state index is -2.04. The van der Waals surface area contributed by atoms with Gasteiger partial charge in [0.25, 0.3) is 0 Å². The summed E-state index contributed by atoms with van der Waals surface area (Å²) < 4.78 is 23.0. The lowest BCUT2D eigenvalue weighted by Crippen LogP contribution is -2.51. The quantitative estimate of drug-likeness (QED) is 0.580. The van der Waals surface area contributed by atoms with Crippen molar-refractivity contribution in [3.63, 3.8) is 0 Å². The molecule has 0 N–H and O–H groups in total. The van der Waals surface area contributed by atoms with E-state index in [1.54, 1.807) is 7.11 Å². The van der Waals surface area contributed by atoms with E-state index in [1.807, 2.05) is 13.8 Å². The Balaban J connectivity index is 2.58. The van der Waals surface area contributed by atoms with Crippen LogP contribution in [0.15, 0.2) is 0 Å². The summed E-state index contributed by atoms with van der Waals surface area (Å²) in [6, 6.07) is 2.00. The van der Waals surface area contributed by atoms with E-state index in [1.165, 1.54) is 0 Å². The predicted octanol–water partition coefficient (Wildman–Crippen LogP) is 2.96. The maximum Gasteiger partial charge on any atom is 0.337 e. The summed E-state index contributed by atoms with van der Waals surface area (Å²) in [6.45, 7) is 11.6. The Morgan fingerprint density at radius 1 is 1.16 bits per heavy atom. The van der Waals surface area contributed by atoms with Crippen LogP contribution in [0, 0.1) is 5.41 Å².